The summed E-state index contributed by atoms with van der Waals surface area (Å²) in [6.07, 6.45) is 54.1. The second-order valence-electron chi connectivity index (χ2n) is 18.6. The van der Waals surface area contributed by atoms with E-state index < -0.39 is 18.2 Å². The normalized spacial score (nSPS) is 13.2. The third-order valence-corrected chi connectivity index (χ3v) is 12.6. The van der Waals surface area contributed by atoms with E-state index in [0.717, 1.165) is 44.9 Å². The largest absolute Gasteiger partial charge is 0.462 e. The lowest BCUT2D eigenvalue weighted by molar-refractivity contribution is -0.151. The number of ether oxygens (including phenoxy) is 1. The van der Waals surface area contributed by atoms with Gasteiger partial charge in [-0.1, -0.05) is 245 Å². The highest BCUT2D eigenvalue weighted by Crippen LogP contribution is 2.19. The minimum Gasteiger partial charge on any atom is -0.462 e. The minimum absolute atomic E-state index is 0.0834. The van der Waals surface area contributed by atoms with Crippen molar-refractivity contribution in [3.05, 3.63) is 12.2 Å². The van der Waals surface area contributed by atoms with Crippen LogP contribution in [0.5, 0.6) is 0 Å². The highest BCUT2D eigenvalue weighted by Gasteiger charge is 2.24. The van der Waals surface area contributed by atoms with Crippen LogP contribution < -0.4 is 5.32 Å². The van der Waals surface area contributed by atoms with Crippen LogP contribution in [0.1, 0.15) is 297 Å². The summed E-state index contributed by atoms with van der Waals surface area (Å²) in [6.45, 7) is 6.50. The molecule has 0 spiro atoms. The number of amides is 1. The fourth-order valence-electron chi connectivity index (χ4n) is 8.49. The van der Waals surface area contributed by atoms with Gasteiger partial charge >= 0.3 is 5.97 Å². The molecule has 0 saturated carbocycles. The highest BCUT2D eigenvalue weighted by molar-refractivity contribution is 5.77. The van der Waals surface area contributed by atoms with Crippen LogP contribution in [0.4, 0.5) is 0 Å². The molecular formula is C54H105NO5. The summed E-state index contributed by atoms with van der Waals surface area (Å²) < 4.78 is 5.95. The van der Waals surface area contributed by atoms with Gasteiger partial charge in [-0.3, -0.25) is 9.59 Å². The van der Waals surface area contributed by atoms with Crippen LogP contribution in [-0.2, 0) is 14.3 Å². The third kappa shape index (κ3) is 43.3. The lowest BCUT2D eigenvalue weighted by Gasteiger charge is -2.24. The maximum absolute atomic E-state index is 13.2. The molecule has 0 rings (SSSR count). The van der Waals surface area contributed by atoms with Gasteiger partial charge in [0.25, 0.3) is 0 Å². The molecule has 0 fully saturated rings. The smallest absolute Gasteiger partial charge is 0.306 e. The van der Waals surface area contributed by atoms with Crippen molar-refractivity contribution in [2.45, 2.75) is 315 Å². The Balaban J connectivity index is 4.53. The molecule has 0 aliphatic rings. The molecule has 1 amide bonds. The molecule has 6 heteroatoms. The summed E-state index contributed by atoms with van der Waals surface area (Å²) in [7, 11) is 0. The first-order chi connectivity index (χ1) is 29.5. The number of nitrogens with one attached hydrogen (secondary N) is 1. The van der Waals surface area contributed by atoms with Gasteiger partial charge < -0.3 is 20.3 Å². The average molecular weight is 848 g/mol. The topological polar surface area (TPSA) is 95.9 Å². The van der Waals surface area contributed by atoms with Crippen LogP contribution >= 0.6 is 0 Å². The molecule has 6 nitrogen and oxygen atoms in total. The molecule has 0 bridgehead atoms. The number of aliphatic hydroxyl groups excluding tert-OH is 2. The first-order valence-electron chi connectivity index (χ1n) is 26.9. The monoisotopic (exact) mass is 848 g/mol. The van der Waals surface area contributed by atoms with Crippen LogP contribution in [0.3, 0.4) is 0 Å². The van der Waals surface area contributed by atoms with Crippen LogP contribution in [0.2, 0.25) is 0 Å². The summed E-state index contributed by atoms with van der Waals surface area (Å²) in [5.74, 6) is -0.459. The number of aliphatic hydroxyl groups is 2. The van der Waals surface area contributed by atoms with E-state index in [1.165, 1.54) is 205 Å². The second-order valence-corrected chi connectivity index (χ2v) is 18.6. The number of rotatable bonds is 49. The summed E-state index contributed by atoms with van der Waals surface area (Å²) in [5, 5.41) is 23.8. The molecule has 0 heterocycles. The first-order valence-corrected chi connectivity index (χ1v) is 26.9. The van der Waals surface area contributed by atoms with Crippen LogP contribution in [-0.4, -0.2) is 46.9 Å². The van der Waals surface area contributed by atoms with Crippen LogP contribution in [0.15, 0.2) is 12.2 Å². The van der Waals surface area contributed by atoms with Crippen molar-refractivity contribution in [1.29, 1.82) is 0 Å². The van der Waals surface area contributed by atoms with Crippen molar-refractivity contribution < 1.29 is 24.5 Å². The van der Waals surface area contributed by atoms with Crippen LogP contribution in [0, 0.1) is 0 Å². The molecule has 356 valence electrons. The molecule has 3 unspecified atom stereocenters. The number of unbranched alkanes of at least 4 members (excludes halogenated alkanes) is 35. The number of esters is 1. The Morgan fingerprint density at radius 3 is 1.20 bits per heavy atom. The Kier molecular flexibility index (Phi) is 47.5. The number of carbonyl (C=O) groups excluding carboxylic acids is 2. The van der Waals surface area contributed by atoms with Gasteiger partial charge in [-0.25, -0.2) is 0 Å². The van der Waals surface area contributed by atoms with Crippen molar-refractivity contribution in [2.24, 2.45) is 0 Å². The third-order valence-electron chi connectivity index (χ3n) is 12.6. The van der Waals surface area contributed by atoms with E-state index in [9.17, 15) is 19.8 Å². The number of allylic oxidation sites excluding steroid dienone is 2. The van der Waals surface area contributed by atoms with Gasteiger partial charge in [-0.05, 0) is 51.4 Å². The fourth-order valence-corrected chi connectivity index (χ4v) is 8.49. The van der Waals surface area contributed by atoms with Gasteiger partial charge in [0.15, 0.2) is 0 Å². The van der Waals surface area contributed by atoms with E-state index >= 15 is 0 Å². The average Bonchev–Trinajstić information content (AvgIpc) is 3.24. The van der Waals surface area contributed by atoms with E-state index in [2.05, 4.69) is 38.2 Å². The quantitative estimate of drug-likeness (QED) is 0.0322. The van der Waals surface area contributed by atoms with Gasteiger partial charge in [-0.15, -0.1) is 0 Å². The highest BCUT2D eigenvalue weighted by atomic mass is 16.5. The minimum atomic E-state index is -0.782. The van der Waals surface area contributed by atoms with Gasteiger partial charge in [0, 0.05) is 6.42 Å². The molecule has 0 saturated heterocycles. The Hall–Kier alpha value is -1.40. The first kappa shape index (κ1) is 58.6. The molecular weight excluding hydrogens is 743 g/mol. The van der Waals surface area contributed by atoms with Crippen molar-refractivity contribution in [3.63, 3.8) is 0 Å². The maximum Gasteiger partial charge on any atom is 0.306 e. The Morgan fingerprint density at radius 2 is 0.800 bits per heavy atom. The lowest BCUT2D eigenvalue weighted by atomic mass is 10.0. The maximum atomic E-state index is 13.2. The predicted molar refractivity (Wildman–Crippen MR) is 260 cm³/mol. The predicted octanol–water partition coefficient (Wildman–Crippen LogP) is 16.1. The fraction of sp³-hybridized carbons (Fsp3) is 0.926. The lowest BCUT2D eigenvalue weighted by Crippen LogP contribution is -2.46. The van der Waals surface area contributed by atoms with E-state index in [1.54, 1.807) is 0 Å². The zero-order valence-electron chi connectivity index (χ0n) is 40.6. The van der Waals surface area contributed by atoms with Crippen molar-refractivity contribution >= 4 is 11.9 Å². The van der Waals surface area contributed by atoms with Crippen molar-refractivity contribution in [1.82, 2.24) is 5.32 Å². The van der Waals surface area contributed by atoms with Crippen molar-refractivity contribution in [3.8, 4) is 0 Å². The van der Waals surface area contributed by atoms with Crippen molar-refractivity contribution in [2.75, 3.05) is 6.61 Å². The molecule has 0 aromatic rings. The second kappa shape index (κ2) is 48.6. The summed E-state index contributed by atoms with van der Waals surface area (Å²) in [4.78, 5) is 26.2. The van der Waals surface area contributed by atoms with Gasteiger partial charge in [0.05, 0.1) is 25.2 Å². The molecule has 0 aliphatic carbocycles. The van der Waals surface area contributed by atoms with Gasteiger partial charge in [-0.2, -0.15) is 0 Å². The summed E-state index contributed by atoms with van der Waals surface area (Å²) >= 11 is 0. The molecule has 0 aliphatic heterocycles. The zero-order valence-corrected chi connectivity index (χ0v) is 40.6. The zero-order chi connectivity index (χ0) is 43.8. The molecule has 0 radical (unpaired) electrons. The van der Waals surface area contributed by atoms with E-state index in [1.807, 2.05) is 0 Å². The standard InChI is InChI=1S/C54H105NO5/c1-4-7-10-13-16-19-22-25-27-29-32-35-38-41-44-47-54(59)60-50(45-42-39-36-33-30-28-26-23-20-17-14-11-8-5-2)48-53(58)55-51(49-56)52(57)46-43-40-37-34-31-24-21-18-15-12-9-6-3/h19,22,50-52,56-57H,4-18,20-21,23-49H2,1-3H3,(H,55,58)/b22-19-. The van der Waals surface area contributed by atoms with E-state index in [4.69, 9.17) is 4.74 Å². The van der Waals surface area contributed by atoms with Crippen LogP contribution in [0.25, 0.3) is 0 Å². The Labute approximate surface area is 374 Å². The van der Waals surface area contributed by atoms with Gasteiger partial charge in [0.1, 0.15) is 6.10 Å². The molecule has 3 N–H and O–H groups in total. The molecule has 3 atom stereocenters. The summed E-state index contributed by atoms with van der Waals surface area (Å²) in [6, 6.07) is -0.695. The van der Waals surface area contributed by atoms with E-state index in [0.29, 0.717) is 19.3 Å². The number of carbonyl (C=O) groups is 2. The Morgan fingerprint density at radius 1 is 0.467 bits per heavy atom. The SMILES string of the molecule is CCCCCC/C=C\CCCCCCCCCC(=O)OC(CCCCCCCCCCCCCCCC)CC(=O)NC(CO)C(O)CCCCCCCCCCCCCC. The molecule has 0 aromatic carbocycles. The van der Waals surface area contributed by atoms with E-state index in [-0.39, 0.29) is 24.9 Å². The Bertz CT molecular complexity index is 909. The molecule has 60 heavy (non-hydrogen) atoms. The number of hydrogen-bond donors (Lipinski definition) is 3. The summed E-state index contributed by atoms with van der Waals surface area (Å²) in [5.41, 5.74) is 0. The van der Waals surface area contributed by atoms with Gasteiger partial charge in [0.2, 0.25) is 5.91 Å². The molecule has 0 aromatic heterocycles. The number of hydrogen-bond acceptors (Lipinski definition) is 5.